The molecule has 0 saturated carbocycles. The van der Waals surface area contributed by atoms with E-state index in [1.165, 1.54) is 7.11 Å². The number of carbonyl (C=O) groups excluding carboxylic acids is 3. The molecule has 3 rings (SSSR count). The molecule has 0 aliphatic rings. The average Bonchev–Trinajstić information content (AvgIpc) is 3.03. The number of aryl methyl sites for hydroxylation is 1. The van der Waals surface area contributed by atoms with Crippen LogP contribution in [0.1, 0.15) is 20.7 Å². The highest BCUT2D eigenvalue weighted by molar-refractivity contribution is 6.13. The summed E-state index contributed by atoms with van der Waals surface area (Å²) in [5, 5.41) is 6.16. The summed E-state index contributed by atoms with van der Waals surface area (Å²) in [4.78, 5) is 35.6. The van der Waals surface area contributed by atoms with Gasteiger partial charge in [0.1, 0.15) is 6.54 Å². The quantitative estimate of drug-likeness (QED) is 0.679. The summed E-state index contributed by atoms with van der Waals surface area (Å²) in [6.45, 7) is -0.200. The second-order valence-electron chi connectivity index (χ2n) is 5.96. The maximum absolute atomic E-state index is 12.6. The molecule has 0 fully saturated rings. The van der Waals surface area contributed by atoms with Crippen LogP contribution in [0.4, 0.5) is 5.69 Å². The lowest BCUT2D eigenvalue weighted by atomic mass is 10.1. The van der Waals surface area contributed by atoms with Crippen molar-refractivity contribution < 1.29 is 19.1 Å². The summed E-state index contributed by atoms with van der Waals surface area (Å²) in [5.41, 5.74) is 2.49. The van der Waals surface area contributed by atoms with Crippen molar-refractivity contribution in [3.63, 3.8) is 0 Å². The molecule has 0 radical (unpaired) electrons. The first kappa shape index (κ1) is 18.2. The number of hydrogen-bond donors (Lipinski definition) is 2. The molecule has 27 heavy (non-hydrogen) atoms. The molecule has 7 nitrogen and oxygen atoms in total. The number of nitrogens with zero attached hydrogens (tertiary/aromatic N) is 1. The molecule has 0 aliphatic heterocycles. The van der Waals surface area contributed by atoms with E-state index in [4.69, 9.17) is 0 Å². The Morgan fingerprint density at radius 2 is 1.70 bits per heavy atom. The van der Waals surface area contributed by atoms with Crippen molar-refractivity contribution in [2.75, 3.05) is 19.0 Å². The Morgan fingerprint density at radius 1 is 1.00 bits per heavy atom. The zero-order chi connectivity index (χ0) is 19.4. The van der Waals surface area contributed by atoms with Crippen LogP contribution < -0.4 is 10.6 Å². The Hall–Kier alpha value is -3.61. The Morgan fingerprint density at radius 3 is 2.41 bits per heavy atom. The number of hydrogen-bond acceptors (Lipinski definition) is 4. The van der Waals surface area contributed by atoms with Crippen LogP contribution in [0.15, 0.2) is 54.7 Å². The van der Waals surface area contributed by atoms with Gasteiger partial charge in [0.2, 0.25) is 0 Å². The maximum atomic E-state index is 12.6. The molecule has 0 unspecified atom stereocenters. The highest BCUT2D eigenvalue weighted by Crippen LogP contribution is 2.21. The summed E-state index contributed by atoms with van der Waals surface area (Å²) in [5.74, 6) is -1.15. The molecule has 1 aromatic heterocycles. The van der Waals surface area contributed by atoms with E-state index in [-0.39, 0.29) is 12.5 Å². The van der Waals surface area contributed by atoms with E-state index in [1.54, 1.807) is 30.5 Å². The van der Waals surface area contributed by atoms with Gasteiger partial charge in [-0.15, -0.1) is 0 Å². The highest BCUT2D eigenvalue weighted by atomic mass is 16.5. The standard InChI is InChI=1S/C20H19N3O4/c1-23-12-16(15-5-3-4-6-17(15)23)20(26)22-14-9-7-13(8-10-14)19(25)21-11-18(24)27-2/h3-10,12H,11H2,1-2H3,(H,21,25)(H,22,26). The second-order valence-corrected chi connectivity index (χ2v) is 5.96. The molecule has 2 N–H and O–H groups in total. The van der Waals surface area contributed by atoms with Gasteiger partial charge in [-0.1, -0.05) is 18.2 Å². The number of amides is 2. The SMILES string of the molecule is COC(=O)CNC(=O)c1ccc(NC(=O)c2cn(C)c3ccccc23)cc1. The number of rotatable bonds is 5. The first-order chi connectivity index (χ1) is 13.0. The van der Waals surface area contributed by atoms with Crippen LogP contribution in [0.2, 0.25) is 0 Å². The molecule has 0 bridgehead atoms. The molecular formula is C20H19N3O4. The highest BCUT2D eigenvalue weighted by Gasteiger charge is 2.14. The van der Waals surface area contributed by atoms with E-state index < -0.39 is 11.9 Å². The Kier molecular flexibility index (Phi) is 5.21. The monoisotopic (exact) mass is 365 g/mol. The molecule has 0 aliphatic carbocycles. The number of ether oxygens (including phenoxy) is 1. The first-order valence-corrected chi connectivity index (χ1v) is 8.30. The van der Waals surface area contributed by atoms with Crippen molar-refractivity contribution in [2.24, 2.45) is 7.05 Å². The second kappa shape index (κ2) is 7.74. The maximum Gasteiger partial charge on any atom is 0.325 e. The van der Waals surface area contributed by atoms with Gasteiger partial charge in [0.05, 0.1) is 12.7 Å². The third-order valence-electron chi connectivity index (χ3n) is 4.17. The summed E-state index contributed by atoms with van der Waals surface area (Å²) in [6.07, 6.45) is 1.79. The molecule has 0 saturated heterocycles. The lowest BCUT2D eigenvalue weighted by molar-refractivity contribution is -0.139. The third kappa shape index (κ3) is 3.98. The molecule has 2 amide bonds. The molecule has 1 heterocycles. The summed E-state index contributed by atoms with van der Waals surface area (Å²) in [7, 11) is 3.14. The normalized spacial score (nSPS) is 10.4. The number of aromatic nitrogens is 1. The predicted molar refractivity (Wildman–Crippen MR) is 102 cm³/mol. The van der Waals surface area contributed by atoms with Crippen molar-refractivity contribution in [1.29, 1.82) is 0 Å². The lowest BCUT2D eigenvalue weighted by Crippen LogP contribution is -2.30. The first-order valence-electron chi connectivity index (χ1n) is 8.30. The number of para-hydroxylation sites is 1. The van der Waals surface area contributed by atoms with Crippen LogP contribution in [0, 0.1) is 0 Å². The van der Waals surface area contributed by atoms with Gasteiger partial charge in [0.15, 0.2) is 0 Å². The van der Waals surface area contributed by atoms with Crippen LogP contribution in [0.25, 0.3) is 10.9 Å². The minimum atomic E-state index is -0.526. The Labute approximate surface area is 155 Å². The number of nitrogens with one attached hydrogen (secondary N) is 2. The van der Waals surface area contributed by atoms with Crippen molar-refractivity contribution in [3.8, 4) is 0 Å². The van der Waals surface area contributed by atoms with Crippen LogP contribution >= 0.6 is 0 Å². The van der Waals surface area contributed by atoms with Gasteiger partial charge < -0.3 is 19.9 Å². The van der Waals surface area contributed by atoms with Crippen molar-refractivity contribution in [1.82, 2.24) is 9.88 Å². The molecule has 2 aromatic carbocycles. The van der Waals surface area contributed by atoms with Gasteiger partial charge in [-0.25, -0.2) is 0 Å². The van der Waals surface area contributed by atoms with Crippen LogP contribution in [0.5, 0.6) is 0 Å². The number of methoxy groups -OCH3 is 1. The van der Waals surface area contributed by atoms with Crippen LogP contribution in [-0.4, -0.2) is 36.0 Å². The topological polar surface area (TPSA) is 89.4 Å². The largest absolute Gasteiger partial charge is 0.468 e. The number of carbonyl (C=O) groups is 3. The average molecular weight is 365 g/mol. The third-order valence-corrected chi connectivity index (χ3v) is 4.17. The molecular weight excluding hydrogens is 346 g/mol. The zero-order valence-electron chi connectivity index (χ0n) is 15.0. The summed E-state index contributed by atoms with van der Waals surface area (Å²) < 4.78 is 6.37. The summed E-state index contributed by atoms with van der Waals surface area (Å²) >= 11 is 0. The van der Waals surface area contributed by atoms with Crippen LogP contribution in [0.3, 0.4) is 0 Å². The predicted octanol–water partition coefficient (Wildman–Crippen LogP) is 2.33. The van der Waals surface area contributed by atoms with Gasteiger partial charge in [0.25, 0.3) is 11.8 Å². The fourth-order valence-electron chi connectivity index (χ4n) is 2.75. The van der Waals surface area contributed by atoms with E-state index in [2.05, 4.69) is 15.4 Å². The number of anilines is 1. The van der Waals surface area contributed by atoms with Gasteiger partial charge in [-0.05, 0) is 30.3 Å². The van der Waals surface area contributed by atoms with Crippen molar-refractivity contribution >= 4 is 34.4 Å². The van der Waals surface area contributed by atoms with Gasteiger partial charge >= 0.3 is 5.97 Å². The van der Waals surface area contributed by atoms with E-state index in [9.17, 15) is 14.4 Å². The smallest absolute Gasteiger partial charge is 0.325 e. The number of benzene rings is 2. The van der Waals surface area contributed by atoms with E-state index in [0.717, 1.165) is 10.9 Å². The fraction of sp³-hybridized carbons (Fsp3) is 0.150. The fourth-order valence-corrected chi connectivity index (χ4v) is 2.75. The minimum absolute atomic E-state index is 0.200. The molecule has 3 aromatic rings. The molecule has 138 valence electrons. The summed E-state index contributed by atoms with van der Waals surface area (Å²) in [6, 6.07) is 14.1. The minimum Gasteiger partial charge on any atom is -0.468 e. The number of esters is 1. The van der Waals surface area contributed by atoms with Gasteiger partial charge in [-0.2, -0.15) is 0 Å². The van der Waals surface area contributed by atoms with Gasteiger partial charge in [0, 0.05) is 35.4 Å². The van der Waals surface area contributed by atoms with E-state index in [1.807, 2.05) is 35.9 Å². The zero-order valence-corrected chi connectivity index (χ0v) is 15.0. The van der Waals surface area contributed by atoms with E-state index >= 15 is 0 Å². The van der Waals surface area contributed by atoms with Crippen molar-refractivity contribution in [3.05, 3.63) is 65.9 Å². The van der Waals surface area contributed by atoms with Crippen molar-refractivity contribution in [2.45, 2.75) is 0 Å². The molecule has 0 atom stereocenters. The van der Waals surface area contributed by atoms with E-state index in [0.29, 0.717) is 16.8 Å². The molecule has 0 spiro atoms. The van der Waals surface area contributed by atoms with Crippen LogP contribution in [-0.2, 0) is 16.6 Å². The number of fused-ring (bicyclic) bond motifs is 1. The lowest BCUT2D eigenvalue weighted by Gasteiger charge is -2.07. The Balaban J connectivity index is 1.70. The molecule has 7 heteroatoms. The van der Waals surface area contributed by atoms with Gasteiger partial charge in [-0.3, -0.25) is 14.4 Å². The Bertz CT molecular complexity index is 1010.